The molecule has 10 atom stereocenters. The van der Waals surface area contributed by atoms with Gasteiger partial charge in [-0.05, 0) is 136 Å². The molecule has 0 amide bonds. The van der Waals surface area contributed by atoms with Crippen LogP contribution in [-0.2, 0) is 47.7 Å². The lowest BCUT2D eigenvalue weighted by molar-refractivity contribution is -0.323. The summed E-state index contributed by atoms with van der Waals surface area (Å²) in [4.78, 5) is 70.9. The molecular formula is C47H72F4O11. The Morgan fingerprint density at radius 1 is 0.806 bits per heavy atom. The first-order valence-electron chi connectivity index (χ1n) is 23.2. The first kappa shape index (κ1) is 50.0. The molecule has 4 aliphatic carbocycles. The number of hydrogen-bond acceptors (Lipinski definition) is 11. The summed E-state index contributed by atoms with van der Waals surface area (Å²) < 4.78 is 85.9. The van der Waals surface area contributed by atoms with Crippen LogP contribution in [-0.4, -0.2) is 76.5 Å². The fraction of sp³-hybridized carbons (Fsp3) is 0.894. The molecule has 15 heteroatoms. The second kappa shape index (κ2) is 18.5. The van der Waals surface area contributed by atoms with E-state index in [9.17, 15) is 41.8 Å². The summed E-state index contributed by atoms with van der Waals surface area (Å²) in [6.07, 6.45) is -1.54. The second-order valence-corrected chi connectivity index (χ2v) is 21.3. The highest BCUT2D eigenvalue weighted by Gasteiger charge is 2.66. The van der Waals surface area contributed by atoms with E-state index in [1.807, 2.05) is 20.8 Å². The van der Waals surface area contributed by atoms with Crippen LogP contribution >= 0.6 is 0 Å². The predicted octanol–water partition coefficient (Wildman–Crippen LogP) is 9.82. The van der Waals surface area contributed by atoms with Crippen LogP contribution in [0.15, 0.2) is 0 Å². The van der Waals surface area contributed by atoms with Crippen molar-refractivity contribution in [2.45, 2.75) is 219 Å². The molecule has 5 fully saturated rings. The molecule has 5 aliphatic rings. The van der Waals surface area contributed by atoms with Gasteiger partial charge in [0.25, 0.3) is 0 Å². The number of hydrogen-bond donors (Lipinski definition) is 1. The Bertz CT molecular complexity index is 1650. The maximum atomic E-state index is 15.1. The summed E-state index contributed by atoms with van der Waals surface area (Å²) in [7, 11) is 0. The molecule has 0 aromatic carbocycles. The normalized spacial score (nSPS) is 29.1. The van der Waals surface area contributed by atoms with Crippen LogP contribution in [0.25, 0.3) is 0 Å². The molecule has 1 heterocycles. The number of fused-ring (bicyclic) bond motifs is 1. The lowest BCUT2D eigenvalue weighted by Crippen LogP contribution is -2.55. The lowest BCUT2D eigenvalue weighted by atomic mass is 9.58. The van der Waals surface area contributed by atoms with Gasteiger partial charge in [-0.25, -0.2) is 4.39 Å². The van der Waals surface area contributed by atoms with Crippen molar-refractivity contribution in [1.29, 1.82) is 0 Å². The van der Waals surface area contributed by atoms with Crippen molar-refractivity contribution in [3.8, 4) is 0 Å². The molecule has 1 saturated heterocycles. The van der Waals surface area contributed by atoms with E-state index in [4.69, 9.17) is 23.7 Å². The molecule has 5 rings (SSSR count). The highest BCUT2D eigenvalue weighted by Crippen LogP contribution is 2.58. The van der Waals surface area contributed by atoms with Crippen molar-refractivity contribution in [3.05, 3.63) is 0 Å². The number of ether oxygens (including phenoxy) is 5. The molecule has 62 heavy (non-hydrogen) atoms. The summed E-state index contributed by atoms with van der Waals surface area (Å²) in [5, 5.41) is 9.84. The molecule has 1 N–H and O–H groups in total. The highest BCUT2D eigenvalue weighted by atomic mass is 19.4. The Hall–Kier alpha value is -2.97. The number of aliphatic hydroxyl groups is 1. The molecule has 0 aromatic heterocycles. The molecule has 0 aromatic rings. The second-order valence-electron chi connectivity index (χ2n) is 21.3. The number of carbonyl (C=O) groups excluding carboxylic acids is 5. The molecule has 10 unspecified atom stereocenters. The quantitative estimate of drug-likeness (QED) is 0.0707. The van der Waals surface area contributed by atoms with E-state index in [1.54, 1.807) is 20.8 Å². The standard InChI is InChI=1S/C47H72F4O11/c1-10-44(17-13-12-14-18-44)61-34(52)22-29(5)25-42(8,39(55)62-45(11-2)19-15-16-20-45)27-43(9,40(56)60-35-30-23-32-33(24-30)37(53)59-36(32)35)41(6,7)38(54)58-31(21-28(3)4)26-46(48,57)47(49,50)51/h28-33,35-36,57H,10-27H2,1-9H3. The molecule has 354 valence electrons. The van der Waals surface area contributed by atoms with Gasteiger partial charge in [-0.1, -0.05) is 41.0 Å². The van der Waals surface area contributed by atoms with Gasteiger partial charge in [0.05, 0.1) is 28.6 Å². The van der Waals surface area contributed by atoms with Crippen molar-refractivity contribution in [1.82, 2.24) is 0 Å². The Kier molecular flexibility index (Phi) is 14.9. The van der Waals surface area contributed by atoms with Crippen LogP contribution in [0.3, 0.4) is 0 Å². The predicted molar refractivity (Wildman–Crippen MR) is 218 cm³/mol. The van der Waals surface area contributed by atoms with Crippen LogP contribution in [0.4, 0.5) is 17.6 Å². The molecule has 11 nitrogen and oxygen atoms in total. The minimum Gasteiger partial charge on any atom is -0.462 e. The SMILES string of the molecule is CCC1(OC(=O)CC(C)CC(C)(CC(C)(C(=O)OC2C3CC4C(=O)OC2C4C3)C(C)(C)C(=O)OC(CC(C)C)CC(O)(F)C(F)(F)F)C(=O)OC2(CC)CCCC2)CCCCC1. The fourth-order valence-electron chi connectivity index (χ4n) is 11.5. The van der Waals surface area contributed by atoms with Crippen molar-refractivity contribution in [2.75, 3.05) is 0 Å². The third kappa shape index (κ3) is 10.3. The van der Waals surface area contributed by atoms with Gasteiger partial charge in [0.15, 0.2) is 0 Å². The van der Waals surface area contributed by atoms with Crippen molar-refractivity contribution in [3.63, 3.8) is 0 Å². The van der Waals surface area contributed by atoms with E-state index in [2.05, 4.69) is 0 Å². The topological polar surface area (TPSA) is 152 Å². The molecule has 2 bridgehead atoms. The summed E-state index contributed by atoms with van der Waals surface area (Å²) in [5.74, 6) is -9.71. The van der Waals surface area contributed by atoms with Crippen LogP contribution in [0, 0.1) is 45.8 Å². The number of esters is 5. The zero-order valence-corrected chi connectivity index (χ0v) is 38.4. The zero-order chi connectivity index (χ0) is 46.3. The van der Waals surface area contributed by atoms with E-state index in [0.717, 1.165) is 44.9 Å². The summed E-state index contributed by atoms with van der Waals surface area (Å²) >= 11 is 0. The van der Waals surface area contributed by atoms with Crippen molar-refractivity contribution in [2.24, 2.45) is 45.8 Å². The lowest BCUT2D eigenvalue weighted by Gasteiger charge is -2.47. The number of alkyl halides is 4. The van der Waals surface area contributed by atoms with Gasteiger partial charge in [0.2, 0.25) is 0 Å². The Labute approximate surface area is 364 Å². The van der Waals surface area contributed by atoms with Crippen molar-refractivity contribution < 1.29 is 70.3 Å². The third-order valence-electron chi connectivity index (χ3n) is 15.7. The van der Waals surface area contributed by atoms with Crippen LogP contribution in [0.1, 0.15) is 178 Å². The Balaban J connectivity index is 1.51. The van der Waals surface area contributed by atoms with Crippen LogP contribution in [0.5, 0.6) is 0 Å². The number of halogens is 4. The molecule has 4 saturated carbocycles. The summed E-state index contributed by atoms with van der Waals surface area (Å²) in [5.41, 5.74) is -6.87. The minimum absolute atomic E-state index is 0.0142. The van der Waals surface area contributed by atoms with Crippen molar-refractivity contribution >= 4 is 29.8 Å². The minimum atomic E-state index is -5.68. The zero-order valence-electron chi connectivity index (χ0n) is 38.4. The van der Waals surface area contributed by atoms with Gasteiger partial charge in [0.1, 0.15) is 29.5 Å². The average Bonchev–Trinajstić information content (AvgIpc) is 3.94. The Morgan fingerprint density at radius 3 is 1.92 bits per heavy atom. The van der Waals surface area contributed by atoms with Gasteiger partial charge in [-0.2, -0.15) is 13.2 Å². The van der Waals surface area contributed by atoms with Gasteiger partial charge in [-0.15, -0.1) is 0 Å². The van der Waals surface area contributed by atoms with Gasteiger partial charge in [-0.3, -0.25) is 24.0 Å². The fourth-order valence-corrected chi connectivity index (χ4v) is 11.5. The number of carbonyl (C=O) groups is 5. The highest BCUT2D eigenvalue weighted by molar-refractivity contribution is 5.89. The van der Waals surface area contributed by atoms with E-state index >= 15 is 4.79 Å². The van der Waals surface area contributed by atoms with E-state index < -0.39 is 106 Å². The van der Waals surface area contributed by atoms with E-state index in [1.165, 1.54) is 20.8 Å². The van der Waals surface area contributed by atoms with Crippen LogP contribution < -0.4 is 0 Å². The van der Waals surface area contributed by atoms with Gasteiger partial charge < -0.3 is 28.8 Å². The molecule has 0 spiro atoms. The summed E-state index contributed by atoms with van der Waals surface area (Å²) in [6.45, 7) is 14.8. The smallest absolute Gasteiger partial charge is 0.448 e. The monoisotopic (exact) mass is 889 g/mol. The first-order valence-corrected chi connectivity index (χ1v) is 23.2. The maximum absolute atomic E-state index is 15.1. The maximum Gasteiger partial charge on any atom is 0.448 e. The molecule has 1 aliphatic heterocycles. The summed E-state index contributed by atoms with van der Waals surface area (Å²) in [6, 6.07) is 0. The van der Waals surface area contributed by atoms with E-state index in [-0.39, 0.29) is 43.0 Å². The molecule has 0 radical (unpaired) electrons. The van der Waals surface area contributed by atoms with Crippen LogP contribution in [0.2, 0.25) is 0 Å². The third-order valence-corrected chi connectivity index (χ3v) is 15.7. The Morgan fingerprint density at radius 2 is 1.37 bits per heavy atom. The number of rotatable bonds is 20. The molecular weight excluding hydrogens is 816 g/mol. The average molecular weight is 889 g/mol. The van der Waals surface area contributed by atoms with Gasteiger partial charge >= 0.3 is 41.9 Å². The van der Waals surface area contributed by atoms with E-state index in [0.29, 0.717) is 38.5 Å². The van der Waals surface area contributed by atoms with Gasteiger partial charge in [0, 0.05) is 18.3 Å². The first-order chi connectivity index (χ1) is 28.7. The largest absolute Gasteiger partial charge is 0.462 e.